The normalized spacial score (nSPS) is 20.3. The number of benzene rings is 1. The predicted octanol–water partition coefficient (Wildman–Crippen LogP) is 1.42. The van der Waals surface area contributed by atoms with Crippen molar-refractivity contribution in [2.45, 2.75) is 57.0 Å². The zero-order chi connectivity index (χ0) is 19.0. The highest BCUT2D eigenvalue weighted by Crippen LogP contribution is 2.30. The molecule has 9 heteroatoms. The maximum Gasteiger partial charge on any atom is 0.345 e. The molecule has 0 amide bonds. The minimum atomic E-state index is -3.67. The van der Waals surface area contributed by atoms with Crippen molar-refractivity contribution >= 4 is 10.0 Å². The van der Waals surface area contributed by atoms with Crippen LogP contribution >= 0.6 is 0 Å². The number of halogens is 1. The van der Waals surface area contributed by atoms with Crippen LogP contribution in [0.4, 0.5) is 4.39 Å². The Morgan fingerprint density at radius 2 is 1.96 bits per heavy atom. The SMILES string of the molecule is O=c1n(CC2CC2)nc2n1CCC(NS(=O)(=O)Cc1ccccc1F)CC2. The van der Waals surface area contributed by atoms with Gasteiger partial charge in [0.05, 0.1) is 5.75 Å². The van der Waals surface area contributed by atoms with Crippen LogP contribution in [0.2, 0.25) is 0 Å². The zero-order valence-corrected chi connectivity index (χ0v) is 15.8. The van der Waals surface area contributed by atoms with E-state index in [0.29, 0.717) is 38.3 Å². The smallest absolute Gasteiger partial charge is 0.279 e. The summed E-state index contributed by atoms with van der Waals surface area (Å²) in [4.78, 5) is 12.5. The molecular weight excluding hydrogens is 371 g/mol. The standard InChI is InChI=1S/C18H23FN4O3S/c19-16-4-2-1-3-14(16)12-27(25,26)21-15-7-8-17-20-23(11-13-5-6-13)18(24)22(17)10-9-15/h1-4,13,15,21H,5-12H2. The van der Waals surface area contributed by atoms with Crippen molar-refractivity contribution in [3.05, 3.63) is 52.0 Å². The molecule has 27 heavy (non-hydrogen) atoms. The molecule has 1 aromatic heterocycles. The summed E-state index contributed by atoms with van der Waals surface area (Å²) in [6.45, 7) is 1.11. The van der Waals surface area contributed by atoms with E-state index in [1.165, 1.54) is 18.2 Å². The molecule has 2 aromatic rings. The fraction of sp³-hybridized carbons (Fsp3) is 0.556. The molecule has 1 aliphatic carbocycles. The number of sulfonamides is 1. The Bertz CT molecular complexity index is 994. The summed E-state index contributed by atoms with van der Waals surface area (Å²) in [5.41, 5.74) is 0.0428. The first kappa shape index (κ1) is 18.4. The van der Waals surface area contributed by atoms with E-state index >= 15 is 0 Å². The predicted molar refractivity (Wildman–Crippen MR) is 98.1 cm³/mol. The van der Waals surface area contributed by atoms with E-state index in [-0.39, 0.29) is 17.3 Å². The van der Waals surface area contributed by atoms with Gasteiger partial charge in [-0.15, -0.1) is 0 Å². The van der Waals surface area contributed by atoms with Gasteiger partial charge in [-0.1, -0.05) is 18.2 Å². The Kier molecular flexibility index (Phi) is 4.90. The van der Waals surface area contributed by atoms with Gasteiger partial charge in [0.25, 0.3) is 0 Å². The van der Waals surface area contributed by atoms with E-state index < -0.39 is 21.6 Å². The molecule has 1 fully saturated rings. The molecular formula is C18H23FN4O3S. The molecule has 2 heterocycles. The van der Waals surface area contributed by atoms with Crippen molar-refractivity contribution in [3.8, 4) is 0 Å². The van der Waals surface area contributed by atoms with E-state index in [4.69, 9.17) is 0 Å². The molecule has 0 bridgehead atoms. The van der Waals surface area contributed by atoms with Crippen LogP contribution in [0.1, 0.15) is 37.1 Å². The summed E-state index contributed by atoms with van der Waals surface area (Å²) in [5, 5.41) is 4.44. The number of fused-ring (bicyclic) bond motifs is 1. The molecule has 0 radical (unpaired) electrons. The number of aryl methyl sites for hydroxylation is 1. The summed E-state index contributed by atoms with van der Waals surface area (Å²) in [6, 6.07) is 5.58. The van der Waals surface area contributed by atoms with Crippen molar-refractivity contribution in [2.75, 3.05) is 0 Å². The lowest BCUT2D eigenvalue weighted by molar-refractivity contribution is 0.478. The molecule has 1 atom stereocenters. The van der Waals surface area contributed by atoms with E-state index in [2.05, 4.69) is 9.82 Å². The summed E-state index contributed by atoms with van der Waals surface area (Å²) >= 11 is 0. The van der Waals surface area contributed by atoms with Gasteiger partial charge in [-0.3, -0.25) is 4.57 Å². The van der Waals surface area contributed by atoms with Crippen molar-refractivity contribution in [3.63, 3.8) is 0 Å². The first-order chi connectivity index (χ1) is 12.9. The van der Waals surface area contributed by atoms with E-state index in [1.807, 2.05) is 0 Å². The molecule has 0 spiro atoms. The van der Waals surface area contributed by atoms with E-state index in [0.717, 1.165) is 18.7 Å². The van der Waals surface area contributed by atoms with Crippen LogP contribution in [0.15, 0.2) is 29.1 Å². The third-order valence-corrected chi connectivity index (χ3v) is 6.58. The molecule has 7 nitrogen and oxygen atoms in total. The second-order valence-corrected chi connectivity index (χ2v) is 9.22. The summed E-state index contributed by atoms with van der Waals surface area (Å²) < 4.78 is 44.5. The van der Waals surface area contributed by atoms with Gasteiger partial charge in [-0.2, -0.15) is 5.10 Å². The van der Waals surface area contributed by atoms with Gasteiger partial charge < -0.3 is 0 Å². The minimum absolute atomic E-state index is 0.105. The van der Waals surface area contributed by atoms with Crippen molar-refractivity contribution in [1.82, 2.24) is 19.1 Å². The lowest BCUT2D eigenvalue weighted by atomic mass is 10.1. The molecule has 2 aliphatic rings. The lowest BCUT2D eigenvalue weighted by Crippen LogP contribution is -2.36. The average molecular weight is 394 g/mol. The van der Waals surface area contributed by atoms with Gasteiger partial charge in [0.15, 0.2) is 0 Å². The van der Waals surface area contributed by atoms with Crippen LogP contribution in [-0.2, 0) is 35.3 Å². The molecule has 1 N–H and O–H groups in total. The molecule has 1 aliphatic heterocycles. The molecule has 4 rings (SSSR count). The number of aromatic nitrogens is 3. The third-order valence-electron chi connectivity index (χ3n) is 5.19. The first-order valence-electron chi connectivity index (χ1n) is 9.31. The highest BCUT2D eigenvalue weighted by Gasteiger charge is 2.27. The molecule has 146 valence electrons. The second-order valence-electron chi connectivity index (χ2n) is 7.47. The quantitative estimate of drug-likeness (QED) is 0.803. The molecule has 1 saturated carbocycles. The Morgan fingerprint density at radius 3 is 2.70 bits per heavy atom. The van der Waals surface area contributed by atoms with Crippen LogP contribution in [-0.4, -0.2) is 28.8 Å². The topological polar surface area (TPSA) is 86.0 Å². The van der Waals surface area contributed by atoms with Crippen molar-refractivity contribution in [1.29, 1.82) is 0 Å². The number of hydrogen-bond donors (Lipinski definition) is 1. The molecule has 0 saturated heterocycles. The van der Waals surface area contributed by atoms with Crippen molar-refractivity contribution < 1.29 is 12.8 Å². The first-order valence-corrected chi connectivity index (χ1v) is 11.0. The van der Waals surface area contributed by atoms with Crippen LogP contribution in [0.25, 0.3) is 0 Å². The summed E-state index contributed by atoms with van der Waals surface area (Å²) in [6.07, 6.45) is 3.93. The zero-order valence-electron chi connectivity index (χ0n) is 15.0. The number of hydrogen-bond acceptors (Lipinski definition) is 4. The van der Waals surface area contributed by atoms with E-state index in [1.54, 1.807) is 15.3 Å². The maximum absolute atomic E-state index is 13.7. The van der Waals surface area contributed by atoms with E-state index in [9.17, 15) is 17.6 Å². The van der Waals surface area contributed by atoms with Gasteiger partial charge in [0.1, 0.15) is 11.6 Å². The Morgan fingerprint density at radius 1 is 1.19 bits per heavy atom. The van der Waals surface area contributed by atoms with Gasteiger partial charge in [0.2, 0.25) is 10.0 Å². The second kappa shape index (κ2) is 7.20. The lowest BCUT2D eigenvalue weighted by Gasteiger charge is -2.16. The summed E-state index contributed by atoms with van der Waals surface area (Å²) in [7, 11) is -3.67. The maximum atomic E-state index is 13.7. The van der Waals surface area contributed by atoms with Crippen LogP contribution in [0, 0.1) is 11.7 Å². The fourth-order valence-corrected chi connectivity index (χ4v) is 5.00. The Labute approximate surface area is 157 Å². The number of nitrogens with zero attached hydrogens (tertiary/aromatic N) is 3. The van der Waals surface area contributed by atoms with Crippen LogP contribution < -0.4 is 10.4 Å². The van der Waals surface area contributed by atoms with Crippen molar-refractivity contribution in [2.24, 2.45) is 5.92 Å². The fourth-order valence-electron chi connectivity index (χ4n) is 3.53. The average Bonchev–Trinajstić information content (AvgIpc) is 3.40. The van der Waals surface area contributed by atoms with Gasteiger partial charge in [-0.25, -0.2) is 27.0 Å². The van der Waals surface area contributed by atoms with Gasteiger partial charge >= 0.3 is 5.69 Å². The van der Waals surface area contributed by atoms with Crippen LogP contribution in [0.5, 0.6) is 0 Å². The molecule has 1 aromatic carbocycles. The minimum Gasteiger partial charge on any atom is -0.279 e. The highest BCUT2D eigenvalue weighted by molar-refractivity contribution is 7.88. The number of rotatable bonds is 6. The van der Waals surface area contributed by atoms with Gasteiger partial charge in [0, 0.05) is 31.1 Å². The Balaban J connectivity index is 1.41. The molecule has 1 unspecified atom stereocenters. The summed E-state index contributed by atoms with van der Waals surface area (Å²) in [5.74, 6) is 0.367. The largest absolute Gasteiger partial charge is 0.345 e. The number of nitrogens with one attached hydrogen (secondary N) is 1. The highest BCUT2D eigenvalue weighted by atomic mass is 32.2. The van der Waals surface area contributed by atoms with Gasteiger partial charge in [-0.05, 0) is 37.7 Å². The Hall–Kier alpha value is -2.00. The monoisotopic (exact) mass is 394 g/mol. The van der Waals surface area contributed by atoms with Crippen LogP contribution in [0.3, 0.4) is 0 Å². The third kappa shape index (κ3) is 4.30.